The van der Waals surface area contributed by atoms with Crippen molar-refractivity contribution in [1.82, 2.24) is 0 Å². The third-order valence-electron chi connectivity index (χ3n) is 2.31. The lowest BCUT2D eigenvalue weighted by atomic mass is 9.79. The van der Waals surface area contributed by atoms with Crippen LogP contribution in [0, 0.1) is 17.3 Å². The average Bonchev–Trinajstić information content (AvgIpc) is 1.96. The van der Waals surface area contributed by atoms with Gasteiger partial charge in [0, 0.05) is 13.0 Å². The molecule has 1 N–H and O–H groups in total. The summed E-state index contributed by atoms with van der Waals surface area (Å²) in [5, 5.41) is 9.63. The van der Waals surface area contributed by atoms with Crippen LogP contribution in [-0.4, -0.2) is 18.5 Å². The monoisotopic (exact) mass is 188 g/mol. The molecule has 0 fully saturated rings. The molecule has 0 aromatic heterocycles. The fourth-order valence-corrected chi connectivity index (χ4v) is 1.55. The van der Waals surface area contributed by atoms with Crippen molar-refractivity contribution in [3.8, 4) is 0 Å². The first-order valence-electron chi connectivity index (χ1n) is 4.99. The standard InChI is InChI=1S/C11H24O2/c1-8(2)9(10(12)13-6)7-11(3,4)5/h8-10,12H,7H2,1-6H3. The van der Waals surface area contributed by atoms with Crippen LogP contribution < -0.4 is 0 Å². The molecule has 0 heterocycles. The average molecular weight is 188 g/mol. The van der Waals surface area contributed by atoms with E-state index >= 15 is 0 Å². The van der Waals surface area contributed by atoms with Gasteiger partial charge in [-0.3, -0.25) is 0 Å². The van der Waals surface area contributed by atoms with Gasteiger partial charge in [-0.15, -0.1) is 0 Å². The fourth-order valence-electron chi connectivity index (χ4n) is 1.55. The van der Waals surface area contributed by atoms with E-state index in [2.05, 4.69) is 34.6 Å². The van der Waals surface area contributed by atoms with E-state index < -0.39 is 6.29 Å². The number of aliphatic hydroxyl groups excluding tert-OH is 1. The van der Waals surface area contributed by atoms with Crippen molar-refractivity contribution in [1.29, 1.82) is 0 Å². The van der Waals surface area contributed by atoms with Crippen LogP contribution >= 0.6 is 0 Å². The smallest absolute Gasteiger partial charge is 0.157 e. The maximum Gasteiger partial charge on any atom is 0.157 e. The Kier molecular flexibility index (Phi) is 4.93. The van der Waals surface area contributed by atoms with Crippen LogP contribution in [0.5, 0.6) is 0 Å². The van der Waals surface area contributed by atoms with Gasteiger partial charge in [-0.05, 0) is 17.8 Å². The highest BCUT2D eigenvalue weighted by atomic mass is 16.6. The summed E-state index contributed by atoms with van der Waals surface area (Å²) in [6.07, 6.45) is 0.360. The van der Waals surface area contributed by atoms with Gasteiger partial charge in [0.05, 0.1) is 0 Å². The number of ether oxygens (including phenoxy) is 1. The number of hydrogen-bond donors (Lipinski definition) is 1. The molecule has 2 unspecified atom stereocenters. The van der Waals surface area contributed by atoms with Crippen molar-refractivity contribution in [2.75, 3.05) is 7.11 Å². The fraction of sp³-hybridized carbons (Fsp3) is 1.00. The zero-order valence-corrected chi connectivity index (χ0v) is 9.79. The molecular formula is C11H24O2. The Balaban J connectivity index is 4.27. The highest BCUT2D eigenvalue weighted by molar-refractivity contribution is 4.73. The lowest BCUT2D eigenvalue weighted by Gasteiger charge is -2.31. The Morgan fingerprint density at radius 3 is 1.92 bits per heavy atom. The van der Waals surface area contributed by atoms with Gasteiger partial charge in [0.1, 0.15) is 0 Å². The van der Waals surface area contributed by atoms with Crippen molar-refractivity contribution in [2.45, 2.75) is 47.3 Å². The van der Waals surface area contributed by atoms with Crippen LogP contribution in [0.4, 0.5) is 0 Å². The summed E-state index contributed by atoms with van der Waals surface area (Å²) in [7, 11) is 1.56. The van der Waals surface area contributed by atoms with Crippen LogP contribution in [-0.2, 0) is 4.74 Å². The van der Waals surface area contributed by atoms with Crippen molar-refractivity contribution in [3.63, 3.8) is 0 Å². The molecule has 0 rings (SSSR count). The predicted octanol–water partition coefficient (Wildman–Crippen LogP) is 2.66. The van der Waals surface area contributed by atoms with Gasteiger partial charge in [-0.2, -0.15) is 0 Å². The summed E-state index contributed by atoms with van der Waals surface area (Å²) in [5.41, 5.74) is 0.244. The summed E-state index contributed by atoms with van der Waals surface area (Å²) < 4.78 is 4.98. The molecule has 0 aromatic rings. The Bertz CT molecular complexity index is 136. The Morgan fingerprint density at radius 1 is 1.23 bits per heavy atom. The molecule has 0 saturated heterocycles. The highest BCUT2D eigenvalue weighted by Gasteiger charge is 2.27. The van der Waals surface area contributed by atoms with Gasteiger partial charge >= 0.3 is 0 Å². The molecule has 2 atom stereocenters. The van der Waals surface area contributed by atoms with E-state index in [-0.39, 0.29) is 11.3 Å². The maximum atomic E-state index is 9.63. The van der Waals surface area contributed by atoms with E-state index in [0.29, 0.717) is 5.92 Å². The number of hydrogen-bond acceptors (Lipinski definition) is 2. The molecule has 0 spiro atoms. The lowest BCUT2D eigenvalue weighted by molar-refractivity contribution is -0.131. The molecule has 0 saturated carbocycles. The van der Waals surface area contributed by atoms with Crippen LogP contribution in [0.15, 0.2) is 0 Å². The summed E-state index contributed by atoms with van der Waals surface area (Å²) >= 11 is 0. The molecule has 2 heteroatoms. The van der Waals surface area contributed by atoms with E-state index in [1.807, 2.05) is 0 Å². The molecule has 13 heavy (non-hydrogen) atoms. The molecule has 80 valence electrons. The molecule has 0 aromatic carbocycles. The van der Waals surface area contributed by atoms with Crippen molar-refractivity contribution >= 4 is 0 Å². The van der Waals surface area contributed by atoms with E-state index in [1.54, 1.807) is 7.11 Å². The highest BCUT2D eigenvalue weighted by Crippen LogP contribution is 2.31. The molecule has 2 nitrogen and oxygen atoms in total. The lowest BCUT2D eigenvalue weighted by Crippen LogP contribution is -2.30. The zero-order valence-electron chi connectivity index (χ0n) is 9.79. The SMILES string of the molecule is COC(O)C(CC(C)(C)C)C(C)C. The summed E-state index contributed by atoms with van der Waals surface area (Å²) in [6, 6.07) is 0. The first-order chi connectivity index (χ1) is 5.78. The largest absolute Gasteiger partial charge is 0.368 e. The predicted molar refractivity (Wildman–Crippen MR) is 55.4 cm³/mol. The van der Waals surface area contributed by atoms with Gasteiger partial charge in [0.15, 0.2) is 6.29 Å². The zero-order chi connectivity index (χ0) is 10.6. The quantitative estimate of drug-likeness (QED) is 0.687. The van der Waals surface area contributed by atoms with E-state index in [0.717, 1.165) is 6.42 Å². The van der Waals surface area contributed by atoms with E-state index in [4.69, 9.17) is 4.74 Å². The third-order valence-corrected chi connectivity index (χ3v) is 2.31. The van der Waals surface area contributed by atoms with Crippen molar-refractivity contribution in [3.05, 3.63) is 0 Å². The van der Waals surface area contributed by atoms with Crippen molar-refractivity contribution < 1.29 is 9.84 Å². The van der Waals surface area contributed by atoms with Gasteiger partial charge in [-0.25, -0.2) is 0 Å². The minimum absolute atomic E-state index is 0.227. The number of aliphatic hydroxyl groups is 1. The van der Waals surface area contributed by atoms with Crippen LogP contribution in [0.1, 0.15) is 41.0 Å². The topological polar surface area (TPSA) is 29.5 Å². The van der Waals surface area contributed by atoms with Gasteiger partial charge < -0.3 is 9.84 Å². The number of methoxy groups -OCH3 is 1. The van der Waals surface area contributed by atoms with Crippen LogP contribution in [0.2, 0.25) is 0 Å². The molecule has 0 radical (unpaired) electrons. The van der Waals surface area contributed by atoms with Gasteiger partial charge in [-0.1, -0.05) is 34.6 Å². The minimum Gasteiger partial charge on any atom is -0.368 e. The second-order valence-corrected chi connectivity index (χ2v) is 5.30. The molecule has 0 bridgehead atoms. The summed E-state index contributed by atoms with van der Waals surface area (Å²) in [5.74, 6) is 0.680. The normalized spacial score (nSPS) is 17.5. The molecular weight excluding hydrogens is 164 g/mol. The summed E-state index contributed by atoms with van der Waals surface area (Å²) in [6.45, 7) is 10.8. The molecule has 0 aliphatic carbocycles. The molecule has 0 amide bonds. The second kappa shape index (κ2) is 4.97. The Morgan fingerprint density at radius 2 is 1.69 bits per heavy atom. The van der Waals surface area contributed by atoms with E-state index in [9.17, 15) is 5.11 Å². The molecule has 0 aliphatic heterocycles. The first-order valence-corrected chi connectivity index (χ1v) is 4.99. The first kappa shape index (κ1) is 12.9. The Labute approximate surface area is 82.3 Å². The maximum absolute atomic E-state index is 9.63. The number of rotatable bonds is 4. The molecule has 0 aliphatic rings. The van der Waals surface area contributed by atoms with Crippen molar-refractivity contribution in [2.24, 2.45) is 17.3 Å². The second-order valence-electron chi connectivity index (χ2n) is 5.30. The van der Waals surface area contributed by atoms with Crippen LogP contribution in [0.25, 0.3) is 0 Å². The Hall–Kier alpha value is -0.0800. The van der Waals surface area contributed by atoms with Gasteiger partial charge in [0.25, 0.3) is 0 Å². The minimum atomic E-state index is -0.626. The third kappa shape index (κ3) is 5.27. The van der Waals surface area contributed by atoms with E-state index in [1.165, 1.54) is 0 Å². The summed E-state index contributed by atoms with van der Waals surface area (Å²) in [4.78, 5) is 0. The van der Waals surface area contributed by atoms with Crippen LogP contribution in [0.3, 0.4) is 0 Å². The van der Waals surface area contributed by atoms with Gasteiger partial charge in [0.2, 0.25) is 0 Å².